The van der Waals surface area contributed by atoms with Crippen molar-refractivity contribution in [2.24, 2.45) is 11.3 Å². The van der Waals surface area contributed by atoms with Gasteiger partial charge in [-0.15, -0.1) is 0 Å². The molecule has 2 aliphatic rings. The molecule has 222 valence electrons. The third-order valence-corrected chi connectivity index (χ3v) is 9.14. The highest BCUT2D eigenvalue weighted by molar-refractivity contribution is 6.30. The first-order valence-corrected chi connectivity index (χ1v) is 15.4. The van der Waals surface area contributed by atoms with E-state index in [-0.39, 0.29) is 24.3 Å². The molecule has 2 amide bonds. The summed E-state index contributed by atoms with van der Waals surface area (Å²) in [6.45, 7) is 5.89. The number of benzene rings is 2. The van der Waals surface area contributed by atoms with Gasteiger partial charge in [0.1, 0.15) is 6.04 Å². The maximum atomic E-state index is 13.9. The van der Waals surface area contributed by atoms with E-state index in [1.54, 1.807) is 12.1 Å². The maximum absolute atomic E-state index is 13.9. The monoisotopic (exact) mass is 581 g/mol. The number of amides is 2. The van der Waals surface area contributed by atoms with Crippen LogP contribution >= 0.6 is 11.6 Å². The van der Waals surface area contributed by atoms with Gasteiger partial charge < -0.3 is 20.3 Å². The van der Waals surface area contributed by atoms with E-state index >= 15 is 0 Å². The third kappa shape index (κ3) is 8.10. The zero-order valence-electron chi connectivity index (χ0n) is 24.4. The van der Waals surface area contributed by atoms with Crippen molar-refractivity contribution < 1.29 is 19.1 Å². The number of ether oxygens (including phenoxy) is 1. The van der Waals surface area contributed by atoms with Crippen LogP contribution < -0.4 is 10.6 Å². The molecule has 1 aliphatic heterocycles. The predicted molar refractivity (Wildman–Crippen MR) is 161 cm³/mol. The van der Waals surface area contributed by atoms with Crippen molar-refractivity contribution in [2.45, 2.75) is 77.8 Å². The fourth-order valence-electron chi connectivity index (χ4n) is 6.48. The lowest BCUT2D eigenvalue weighted by atomic mass is 9.63. The van der Waals surface area contributed by atoms with Crippen LogP contribution in [0.2, 0.25) is 5.02 Å². The minimum atomic E-state index is -0.714. The highest BCUT2D eigenvalue weighted by atomic mass is 35.5. The van der Waals surface area contributed by atoms with E-state index in [1.807, 2.05) is 55.1 Å². The van der Waals surface area contributed by atoms with Gasteiger partial charge in [-0.2, -0.15) is 0 Å². The summed E-state index contributed by atoms with van der Waals surface area (Å²) in [6, 6.07) is 14.7. The summed E-state index contributed by atoms with van der Waals surface area (Å²) < 4.78 is 5.58. The zero-order valence-corrected chi connectivity index (χ0v) is 25.2. The van der Waals surface area contributed by atoms with Crippen LogP contribution in [0.1, 0.15) is 68.6 Å². The number of likely N-dealkylation sites (tertiary alicyclic amines) is 1. The smallest absolute Gasteiger partial charge is 0.312 e. The summed E-state index contributed by atoms with van der Waals surface area (Å²) in [5, 5.41) is 6.81. The van der Waals surface area contributed by atoms with Crippen LogP contribution in [0.3, 0.4) is 0 Å². The molecule has 1 saturated carbocycles. The molecule has 0 unspecified atom stereocenters. The van der Waals surface area contributed by atoms with Gasteiger partial charge >= 0.3 is 5.97 Å². The number of rotatable bonds is 11. The van der Waals surface area contributed by atoms with E-state index < -0.39 is 11.5 Å². The Morgan fingerprint density at radius 2 is 1.71 bits per heavy atom. The lowest BCUT2D eigenvalue weighted by Crippen LogP contribution is -2.56. The van der Waals surface area contributed by atoms with Crippen molar-refractivity contribution in [3.05, 3.63) is 70.2 Å². The zero-order chi connectivity index (χ0) is 29.2. The summed E-state index contributed by atoms with van der Waals surface area (Å²) in [5.41, 5.74) is 2.68. The number of nitrogens with zero attached hydrogens (tertiary/aromatic N) is 1. The number of aryl methyl sites for hydroxylation is 1. The molecule has 0 bridgehead atoms. The van der Waals surface area contributed by atoms with E-state index in [0.29, 0.717) is 56.4 Å². The molecule has 0 spiro atoms. The van der Waals surface area contributed by atoms with Gasteiger partial charge in [0, 0.05) is 31.1 Å². The van der Waals surface area contributed by atoms with Crippen LogP contribution in [0.15, 0.2) is 48.5 Å². The van der Waals surface area contributed by atoms with Gasteiger partial charge in [0.25, 0.3) is 0 Å². The first-order chi connectivity index (χ1) is 19.8. The first-order valence-electron chi connectivity index (χ1n) is 15.1. The molecule has 4 rings (SSSR count). The Hall–Kier alpha value is -2.90. The van der Waals surface area contributed by atoms with E-state index in [2.05, 4.69) is 10.6 Å². The number of piperidine rings is 1. The number of nitrogens with one attached hydrogen (secondary N) is 2. The predicted octanol–water partition coefficient (Wildman–Crippen LogP) is 5.22. The van der Waals surface area contributed by atoms with Crippen molar-refractivity contribution in [3.63, 3.8) is 0 Å². The summed E-state index contributed by atoms with van der Waals surface area (Å²) >= 11 is 6.08. The summed E-state index contributed by atoms with van der Waals surface area (Å²) in [7, 11) is 0. The van der Waals surface area contributed by atoms with Gasteiger partial charge in [0.05, 0.1) is 18.6 Å². The highest BCUT2D eigenvalue weighted by Gasteiger charge is 2.49. The van der Waals surface area contributed by atoms with Crippen molar-refractivity contribution in [2.75, 3.05) is 26.2 Å². The third-order valence-electron chi connectivity index (χ3n) is 8.88. The van der Waals surface area contributed by atoms with Crippen LogP contribution in [-0.2, 0) is 32.1 Å². The quantitative estimate of drug-likeness (QED) is 0.355. The van der Waals surface area contributed by atoms with Crippen LogP contribution in [0.25, 0.3) is 0 Å². The van der Waals surface area contributed by atoms with Crippen molar-refractivity contribution >= 4 is 29.4 Å². The Labute approximate surface area is 249 Å². The first kappa shape index (κ1) is 31.0. The molecule has 1 saturated heterocycles. The Morgan fingerprint density at radius 3 is 2.37 bits per heavy atom. The molecular weight excluding hydrogens is 538 g/mol. The summed E-state index contributed by atoms with van der Waals surface area (Å²) in [5.74, 6) is -0.152. The molecule has 0 radical (unpaired) electrons. The van der Waals surface area contributed by atoms with Crippen LogP contribution in [-0.4, -0.2) is 55.0 Å². The van der Waals surface area contributed by atoms with E-state index in [1.165, 1.54) is 6.42 Å². The standard InChI is InChI=1S/C33H44ClN3O4/c1-3-41-32(40)33(27-11-5-4-6-12-27)17-19-37(20-18-33)31(39)29(21-25-13-15-28(34)16-14-25)36-30(38)23-35-22-26-10-8-7-9-24(26)2/h7-10,13-16,27,29,35H,3-6,11-12,17-23H2,1-2H3,(H,36,38)/t29-/m1/s1. The number of carbonyl (C=O) groups excluding carboxylic acids is 3. The van der Waals surface area contributed by atoms with Crippen LogP contribution in [0.5, 0.6) is 0 Å². The molecule has 7 nitrogen and oxygen atoms in total. The lowest BCUT2D eigenvalue weighted by Gasteiger charge is -2.46. The van der Waals surface area contributed by atoms with Crippen molar-refractivity contribution in [1.82, 2.24) is 15.5 Å². The number of carbonyl (C=O) groups is 3. The van der Waals surface area contributed by atoms with Crippen molar-refractivity contribution in [3.8, 4) is 0 Å². The molecule has 1 atom stereocenters. The molecule has 8 heteroatoms. The van der Waals surface area contributed by atoms with Gasteiger partial charge in [-0.3, -0.25) is 14.4 Å². The normalized spacial score (nSPS) is 18.0. The van der Waals surface area contributed by atoms with Gasteiger partial charge in [-0.25, -0.2) is 0 Å². The molecule has 2 fully saturated rings. The number of hydrogen-bond acceptors (Lipinski definition) is 5. The second-order valence-corrected chi connectivity index (χ2v) is 12.0. The second kappa shape index (κ2) is 14.8. The fourth-order valence-corrected chi connectivity index (χ4v) is 6.60. The SMILES string of the molecule is CCOC(=O)C1(C2CCCCC2)CCN(C(=O)[C@@H](Cc2ccc(Cl)cc2)NC(=O)CNCc2ccccc2C)CC1. The van der Waals surface area contributed by atoms with Gasteiger partial charge in [-0.1, -0.05) is 67.3 Å². The second-order valence-electron chi connectivity index (χ2n) is 11.5. The van der Waals surface area contributed by atoms with E-state index in [9.17, 15) is 14.4 Å². The maximum Gasteiger partial charge on any atom is 0.312 e. The molecule has 0 aromatic heterocycles. The Balaban J connectivity index is 1.42. The van der Waals surface area contributed by atoms with Gasteiger partial charge in [0.15, 0.2) is 0 Å². The highest BCUT2D eigenvalue weighted by Crippen LogP contribution is 2.47. The summed E-state index contributed by atoms with van der Waals surface area (Å²) in [6.07, 6.45) is 7.13. The van der Waals surface area contributed by atoms with E-state index in [0.717, 1.165) is 42.4 Å². The number of esters is 1. The Kier molecular flexibility index (Phi) is 11.2. The largest absolute Gasteiger partial charge is 0.466 e. The van der Waals surface area contributed by atoms with Gasteiger partial charge in [0.2, 0.25) is 11.8 Å². The summed E-state index contributed by atoms with van der Waals surface area (Å²) in [4.78, 5) is 42.0. The Morgan fingerprint density at radius 1 is 1.02 bits per heavy atom. The molecular formula is C33H44ClN3O4. The van der Waals surface area contributed by atoms with Crippen LogP contribution in [0.4, 0.5) is 0 Å². The van der Waals surface area contributed by atoms with Crippen LogP contribution in [0, 0.1) is 18.3 Å². The molecule has 2 N–H and O–H groups in total. The van der Waals surface area contributed by atoms with Crippen molar-refractivity contribution in [1.29, 1.82) is 0 Å². The minimum absolute atomic E-state index is 0.104. The molecule has 1 aliphatic carbocycles. The molecule has 2 aromatic carbocycles. The Bertz CT molecular complexity index is 1170. The molecule has 1 heterocycles. The van der Waals surface area contributed by atoms with Gasteiger partial charge in [-0.05, 0) is 74.3 Å². The average molecular weight is 582 g/mol. The lowest BCUT2D eigenvalue weighted by molar-refractivity contribution is -0.166. The molecule has 2 aromatic rings. The molecule has 41 heavy (non-hydrogen) atoms. The fraction of sp³-hybridized carbons (Fsp3) is 0.545. The average Bonchev–Trinajstić information content (AvgIpc) is 2.99. The minimum Gasteiger partial charge on any atom is -0.466 e. The number of halogens is 1. The topological polar surface area (TPSA) is 87.7 Å². The van der Waals surface area contributed by atoms with E-state index in [4.69, 9.17) is 16.3 Å². The number of hydrogen-bond donors (Lipinski definition) is 2.